The summed E-state index contributed by atoms with van der Waals surface area (Å²) in [5.74, 6) is -14.6. The van der Waals surface area contributed by atoms with Gasteiger partial charge in [0.1, 0.15) is 34.5 Å². The van der Waals surface area contributed by atoms with E-state index in [1.165, 1.54) is 12.1 Å². The quantitative estimate of drug-likeness (QED) is 0.0809. The third-order valence-electron chi connectivity index (χ3n) is 6.52. The maximum absolute atomic E-state index is 14.9. The minimum absolute atomic E-state index is 0.128. The van der Waals surface area contributed by atoms with Gasteiger partial charge in [-0.2, -0.15) is 17.6 Å². The Labute approximate surface area is 255 Å². The number of hydrogen-bond donors (Lipinski definition) is 0. The molecule has 246 valence electrons. The Morgan fingerprint density at radius 1 is 0.609 bits per heavy atom. The molecule has 0 N–H and O–H groups in total. The highest BCUT2D eigenvalue weighted by molar-refractivity contribution is 5.65. The van der Waals surface area contributed by atoms with Gasteiger partial charge in [-0.25, -0.2) is 30.7 Å². The smallest absolute Gasteiger partial charge is 0.433 e. The van der Waals surface area contributed by atoms with Crippen LogP contribution in [-0.4, -0.2) is 12.7 Å². The van der Waals surface area contributed by atoms with Crippen LogP contribution in [0.5, 0.6) is 17.2 Å². The van der Waals surface area contributed by atoms with Gasteiger partial charge in [-0.05, 0) is 54.3 Å². The average Bonchev–Trinajstić information content (AvgIpc) is 2.94. The van der Waals surface area contributed by atoms with Crippen LogP contribution in [0.3, 0.4) is 0 Å². The molecular weight excluding hydrogens is 641 g/mol. The first-order valence-electron chi connectivity index (χ1n) is 13.6. The van der Waals surface area contributed by atoms with Crippen molar-refractivity contribution < 1.29 is 62.5 Å². The van der Waals surface area contributed by atoms with Gasteiger partial charge in [0, 0.05) is 23.8 Å². The van der Waals surface area contributed by atoms with Gasteiger partial charge in [0.15, 0.2) is 35.6 Å². The molecule has 4 rings (SSSR count). The van der Waals surface area contributed by atoms with Crippen LogP contribution in [-0.2, 0) is 12.5 Å². The van der Waals surface area contributed by atoms with Crippen molar-refractivity contribution in [3.63, 3.8) is 0 Å². The van der Waals surface area contributed by atoms with Crippen molar-refractivity contribution in [2.45, 2.75) is 44.8 Å². The van der Waals surface area contributed by atoms with Crippen molar-refractivity contribution in [3.05, 3.63) is 113 Å². The van der Waals surface area contributed by atoms with Gasteiger partial charge in [0.2, 0.25) is 0 Å². The van der Waals surface area contributed by atoms with E-state index in [0.29, 0.717) is 36.2 Å². The van der Waals surface area contributed by atoms with Gasteiger partial charge < -0.3 is 14.2 Å². The standard InChI is InChI=1S/C32H23F11O3/c1-2-3-4-5-17-6-8-21(22(33)10-17)18-11-24(35)29(25(36)12-18)32(42,43)46-19-7-9-28(23(34)13-19)44-16-31(40,41)45-20-14-26(37)30(39)27(38)15-20/h6-15H,2-5,16H2,1H3. The summed E-state index contributed by atoms with van der Waals surface area (Å²) in [6, 6.07) is 6.67. The Bertz CT molecular complexity index is 1660. The SMILES string of the molecule is CCCCCc1ccc(-c2cc(F)c(C(F)(F)Oc3ccc(OCC(F)(F)Oc4cc(F)c(F)c(F)c4)c(F)c3)c(F)c2)c(F)c1. The topological polar surface area (TPSA) is 27.7 Å². The van der Waals surface area contributed by atoms with Gasteiger partial charge in [-0.1, -0.05) is 31.9 Å². The lowest BCUT2D eigenvalue weighted by Crippen LogP contribution is -2.32. The molecule has 0 fully saturated rings. The predicted octanol–water partition coefficient (Wildman–Crippen LogP) is 10.2. The van der Waals surface area contributed by atoms with Gasteiger partial charge in [0.05, 0.1) is 0 Å². The maximum atomic E-state index is 14.9. The summed E-state index contributed by atoms with van der Waals surface area (Å²) < 4.78 is 169. The maximum Gasteiger partial charge on any atom is 0.433 e. The van der Waals surface area contributed by atoms with Gasteiger partial charge in [-0.3, -0.25) is 0 Å². The molecule has 0 saturated heterocycles. The number of hydrogen-bond acceptors (Lipinski definition) is 3. The average molecular weight is 665 g/mol. The first-order chi connectivity index (χ1) is 21.6. The molecule has 0 saturated carbocycles. The second kappa shape index (κ2) is 13.9. The summed E-state index contributed by atoms with van der Waals surface area (Å²) >= 11 is 0. The molecule has 0 spiro atoms. The van der Waals surface area contributed by atoms with E-state index in [2.05, 4.69) is 14.2 Å². The van der Waals surface area contributed by atoms with E-state index in [1.807, 2.05) is 6.92 Å². The van der Waals surface area contributed by atoms with Crippen molar-refractivity contribution in [2.24, 2.45) is 0 Å². The molecule has 0 aromatic heterocycles. The molecule has 0 atom stereocenters. The Kier molecular flexibility index (Phi) is 10.4. The fraction of sp³-hybridized carbons (Fsp3) is 0.250. The fourth-order valence-corrected chi connectivity index (χ4v) is 4.35. The molecule has 4 aromatic rings. The number of aryl methyl sites for hydroxylation is 1. The molecule has 14 heteroatoms. The largest absolute Gasteiger partial charge is 0.480 e. The number of unbranched alkanes of at least 4 members (excludes halogenated alkanes) is 2. The van der Waals surface area contributed by atoms with E-state index >= 15 is 0 Å². The number of rotatable bonds is 13. The number of benzene rings is 4. The summed E-state index contributed by atoms with van der Waals surface area (Å²) in [6.45, 7) is 0.239. The van der Waals surface area contributed by atoms with E-state index in [1.54, 1.807) is 6.07 Å². The molecule has 0 amide bonds. The van der Waals surface area contributed by atoms with Crippen LogP contribution in [0.4, 0.5) is 48.3 Å². The van der Waals surface area contributed by atoms with Crippen LogP contribution < -0.4 is 14.2 Å². The number of halogens is 11. The predicted molar refractivity (Wildman–Crippen MR) is 143 cm³/mol. The highest BCUT2D eigenvalue weighted by atomic mass is 19.3. The summed E-state index contributed by atoms with van der Waals surface area (Å²) in [5, 5.41) is 0. The van der Waals surface area contributed by atoms with Crippen LogP contribution >= 0.6 is 0 Å². The van der Waals surface area contributed by atoms with Crippen molar-refractivity contribution in [3.8, 4) is 28.4 Å². The summed E-state index contributed by atoms with van der Waals surface area (Å²) in [7, 11) is 0. The first kappa shape index (κ1) is 34.4. The lowest BCUT2D eigenvalue weighted by molar-refractivity contribution is -0.196. The van der Waals surface area contributed by atoms with E-state index in [-0.39, 0.29) is 29.3 Å². The Morgan fingerprint density at radius 2 is 1.24 bits per heavy atom. The highest BCUT2D eigenvalue weighted by Gasteiger charge is 2.41. The minimum Gasteiger partial charge on any atom is -0.480 e. The molecule has 0 radical (unpaired) electrons. The van der Waals surface area contributed by atoms with Gasteiger partial charge in [-0.15, -0.1) is 0 Å². The highest BCUT2D eigenvalue weighted by Crippen LogP contribution is 2.38. The van der Waals surface area contributed by atoms with Crippen LogP contribution in [0.25, 0.3) is 11.1 Å². The van der Waals surface area contributed by atoms with Crippen molar-refractivity contribution in [1.29, 1.82) is 0 Å². The summed E-state index contributed by atoms with van der Waals surface area (Å²) in [6.07, 6.45) is -5.82. The zero-order valence-electron chi connectivity index (χ0n) is 23.7. The Hall–Kier alpha value is -4.49. The van der Waals surface area contributed by atoms with E-state index < -0.39 is 82.4 Å². The van der Waals surface area contributed by atoms with Crippen molar-refractivity contribution in [2.75, 3.05) is 6.61 Å². The lowest BCUT2D eigenvalue weighted by Gasteiger charge is -2.21. The molecule has 3 nitrogen and oxygen atoms in total. The molecule has 0 aliphatic rings. The van der Waals surface area contributed by atoms with Crippen LogP contribution in [0.2, 0.25) is 0 Å². The summed E-state index contributed by atoms with van der Waals surface area (Å²) in [4.78, 5) is 0. The lowest BCUT2D eigenvalue weighted by atomic mass is 9.99. The van der Waals surface area contributed by atoms with Crippen LogP contribution in [0.15, 0.2) is 60.7 Å². The second-order valence-electron chi connectivity index (χ2n) is 10.0. The molecule has 0 unspecified atom stereocenters. The molecular formula is C32H23F11O3. The van der Waals surface area contributed by atoms with E-state index in [0.717, 1.165) is 19.3 Å². The third kappa shape index (κ3) is 8.20. The number of alkyl halides is 4. The second-order valence-corrected chi connectivity index (χ2v) is 10.0. The summed E-state index contributed by atoms with van der Waals surface area (Å²) in [5.41, 5.74) is -1.82. The van der Waals surface area contributed by atoms with Gasteiger partial charge >= 0.3 is 12.2 Å². The normalized spacial score (nSPS) is 11.9. The fourth-order valence-electron chi connectivity index (χ4n) is 4.35. The zero-order chi connectivity index (χ0) is 33.8. The Morgan fingerprint density at radius 3 is 1.83 bits per heavy atom. The monoisotopic (exact) mass is 664 g/mol. The third-order valence-corrected chi connectivity index (χ3v) is 6.52. The molecule has 0 heterocycles. The molecule has 0 aliphatic carbocycles. The molecule has 0 bridgehead atoms. The minimum atomic E-state index is -4.73. The van der Waals surface area contributed by atoms with Crippen LogP contribution in [0, 0.1) is 40.7 Å². The Balaban J connectivity index is 1.45. The van der Waals surface area contributed by atoms with Crippen molar-refractivity contribution >= 4 is 0 Å². The molecule has 46 heavy (non-hydrogen) atoms. The number of ether oxygens (including phenoxy) is 3. The van der Waals surface area contributed by atoms with Crippen molar-refractivity contribution in [1.82, 2.24) is 0 Å². The van der Waals surface area contributed by atoms with Gasteiger partial charge in [0.25, 0.3) is 0 Å². The van der Waals surface area contributed by atoms with E-state index in [9.17, 15) is 48.3 Å². The molecule has 4 aromatic carbocycles. The van der Waals surface area contributed by atoms with E-state index in [4.69, 9.17) is 0 Å². The first-order valence-corrected chi connectivity index (χ1v) is 13.6. The molecule has 0 aliphatic heterocycles. The zero-order valence-corrected chi connectivity index (χ0v) is 23.7. The van der Waals surface area contributed by atoms with Crippen LogP contribution in [0.1, 0.15) is 37.3 Å².